The van der Waals surface area contributed by atoms with Crippen molar-refractivity contribution in [3.63, 3.8) is 0 Å². The van der Waals surface area contributed by atoms with E-state index in [0.29, 0.717) is 34.5 Å². The van der Waals surface area contributed by atoms with Crippen LogP contribution >= 0.6 is 17.0 Å². The third kappa shape index (κ3) is 9.89. The van der Waals surface area contributed by atoms with Gasteiger partial charge in [-0.05, 0) is 83.6 Å². The Labute approximate surface area is 259 Å². The minimum atomic E-state index is -1.76. The number of hydrogen-bond donors (Lipinski definition) is 1. The average Bonchev–Trinajstić information content (AvgIpc) is 3.06. The van der Waals surface area contributed by atoms with Gasteiger partial charge in [-0.25, -0.2) is 0 Å². The molecule has 9 heteroatoms. The van der Waals surface area contributed by atoms with Crippen LogP contribution in [0.3, 0.4) is 0 Å². The fourth-order valence-electron chi connectivity index (χ4n) is 3.76. The maximum atomic E-state index is 8.63. The first-order valence-electron chi connectivity index (χ1n) is 13.6. The summed E-state index contributed by atoms with van der Waals surface area (Å²) in [5.74, 6) is 3.54. The number of benzene rings is 6. The summed E-state index contributed by atoms with van der Waals surface area (Å²) in [4.78, 5) is 5.35. The Kier molecular flexibility index (Phi) is 11.3. The van der Waals surface area contributed by atoms with Crippen molar-refractivity contribution in [2.45, 2.75) is 0 Å². The van der Waals surface area contributed by atoms with Crippen LogP contribution in [0.4, 0.5) is 0 Å². The zero-order valence-corrected chi connectivity index (χ0v) is 25.6. The summed E-state index contributed by atoms with van der Waals surface area (Å²) in [6.45, 7) is 1.83. The number of para-hydroxylation sites is 4. The van der Waals surface area contributed by atoms with Crippen LogP contribution in [0.1, 0.15) is 0 Å². The van der Waals surface area contributed by atoms with Gasteiger partial charge in [0.25, 0.3) is 8.38 Å². The van der Waals surface area contributed by atoms with Crippen molar-refractivity contribution in [3.05, 3.63) is 158 Å². The van der Waals surface area contributed by atoms with Gasteiger partial charge in [0, 0.05) is 6.66 Å². The lowest BCUT2D eigenvalue weighted by Crippen LogP contribution is -2.02. The van der Waals surface area contributed by atoms with E-state index < -0.39 is 17.0 Å². The highest BCUT2D eigenvalue weighted by molar-refractivity contribution is 7.46. The number of phenols is 1. The Morgan fingerprint density at radius 2 is 0.864 bits per heavy atom. The van der Waals surface area contributed by atoms with Gasteiger partial charge in [-0.15, -0.1) is 4.67 Å². The molecule has 6 aromatic rings. The molecular formula is C35H30O7P2. The first-order chi connectivity index (χ1) is 21.6. The lowest BCUT2D eigenvalue weighted by atomic mass is 10.1. The molecule has 0 bridgehead atoms. The monoisotopic (exact) mass is 624 g/mol. The highest BCUT2D eigenvalue weighted by Gasteiger charge is 2.20. The molecule has 1 unspecified atom stereocenters. The summed E-state index contributed by atoms with van der Waals surface area (Å²) in [5.41, 5.74) is 0. The normalized spacial score (nSPS) is 11.1. The van der Waals surface area contributed by atoms with Crippen LogP contribution in [0.5, 0.6) is 34.5 Å². The first kappa shape index (κ1) is 30.7. The Balaban J connectivity index is 0.000000484. The van der Waals surface area contributed by atoms with Gasteiger partial charge < -0.3 is 28.1 Å². The molecule has 0 aliphatic heterocycles. The Bertz CT molecular complexity index is 1650. The molecule has 6 aromatic carbocycles. The van der Waals surface area contributed by atoms with Gasteiger partial charge in [-0.2, -0.15) is 0 Å². The highest BCUT2D eigenvalue weighted by atomic mass is 31.2. The molecule has 44 heavy (non-hydrogen) atoms. The van der Waals surface area contributed by atoms with E-state index in [4.69, 9.17) is 32.8 Å². The van der Waals surface area contributed by atoms with Gasteiger partial charge in [0.05, 0.1) is 0 Å². The van der Waals surface area contributed by atoms with Gasteiger partial charge >= 0.3 is 8.60 Å². The van der Waals surface area contributed by atoms with Crippen molar-refractivity contribution >= 4 is 27.8 Å². The average molecular weight is 625 g/mol. The molecule has 0 heterocycles. The Morgan fingerprint density at radius 1 is 0.432 bits per heavy atom. The predicted octanol–water partition coefficient (Wildman–Crippen LogP) is 10.3. The summed E-state index contributed by atoms with van der Waals surface area (Å²) < 4.78 is 29.6. The zero-order valence-electron chi connectivity index (χ0n) is 23.8. The molecule has 0 aliphatic carbocycles. The molecule has 222 valence electrons. The SMILES string of the molecule is CP(OOc1ccccc1)Oc1ccc2ccc(OP(Oc3ccccc3)Oc3ccccc3)cc2c1.Oc1ccccc1. The Morgan fingerprint density at radius 3 is 1.34 bits per heavy atom. The second-order valence-corrected chi connectivity index (χ2v) is 11.3. The van der Waals surface area contributed by atoms with E-state index in [1.807, 2.05) is 140 Å². The topological polar surface area (TPSA) is 75.6 Å². The smallest absolute Gasteiger partial charge is 0.508 e. The van der Waals surface area contributed by atoms with E-state index in [1.54, 1.807) is 24.3 Å². The summed E-state index contributed by atoms with van der Waals surface area (Å²) in [5, 5.41) is 10.6. The molecule has 0 amide bonds. The molecule has 7 nitrogen and oxygen atoms in total. The largest absolute Gasteiger partial charge is 0.530 e. The van der Waals surface area contributed by atoms with Gasteiger partial charge in [-0.3, -0.25) is 0 Å². The lowest BCUT2D eigenvalue weighted by molar-refractivity contribution is -0.0958. The summed E-state index contributed by atoms with van der Waals surface area (Å²) >= 11 is 0. The molecule has 1 atom stereocenters. The van der Waals surface area contributed by atoms with Crippen LogP contribution in [-0.2, 0) is 4.67 Å². The maximum Gasteiger partial charge on any atom is 0.530 e. The van der Waals surface area contributed by atoms with E-state index in [1.165, 1.54) is 0 Å². The molecule has 0 aromatic heterocycles. The fourth-order valence-corrected chi connectivity index (χ4v) is 5.37. The van der Waals surface area contributed by atoms with Crippen LogP contribution in [-0.4, -0.2) is 11.8 Å². The quantitative estimate of drug-likeness (QED) is 0.0873. The minimum absolute atomic E-state index is 0.322. The Hall–Kier alpha value is -4.80. The van der Waals surface area contributed by atoms with Crippen LogP contribution in [0.15, 0.2) is 158 Å². The third-order valence-corrected chi connectivity index (χ3v) is 7.61. The van der Waals surface area contributed by atoms with Crippen LogP contribution in [0.2, 0.25) is 0 Å². The van der Waals surface area contributed by atoms with Gasteiger partial charge in [-0.1, -0.05) is 84.9 Å². The van der Waals surface area contributed by atoms with Crippen molar-refractivity contribution in [1.82, 2.24) is 0 Å². The zero-order chi connectivity index (χ0) is 30.4. The van der Waals surface area contributed by atoms with E-state index in [2.05, 4.69) is 0 Å². The van der Waals surface area contributed by atoms with E-state index >= 15 is 0 Å². The number of phenolic OH excluding ortho intramolecular Hbond substituents is 1. The van der Waals surface area contributed by atoms with Crippen molar-refractivity contribution in [1.29, 1.82) is 0 Å². The van der Waals surface area contributed by atoms with Gasteiger partial charge in [0.15, 0.2) is 5.75 Å². The van der Waals surface area contributed by atoms with Crippen LogP contribution < -0.4 is 23.0 Å². The van der Waals surface area contributed by atoms with E-state index in [-0.39, 0.29) is 0 Å². The van der Waals surface area contributed by atoms with Crippen molar-refractivity contribution in [2.75, 3.05) is 6.66 Å². The summed E-state index contributed by atoms with van der Waals surface area (Å²) in [6.07, 6.45) is 0. The van der Waals surface area contributed by atoms with E-state index in [0.717, 1.165) is 10.8 Å². The van der Waals surface area contributed by atoms with E-state index in [9.17, 15) is 0 Å². The molecule has 0 spiro atoms. The molecule has 1 N–H and O–H groups in total. The number of fused-ring (bicyclic) bond motifs is 1. The molecule has 0 fully saturated rings. The summed E-state index contributed by atoms with van der Waals surface area (Å²) in [7, 11) is -3.06. The highest BCUT2D eigenvalue weighted by Crippen LogP contribution is 2.43. The molecule has 6 rings (SSSR count). The third-order valence-electron chi connectivity index (χ3n) is 5.78. The first-order valence-corrected chi connectivity index (χ1v) is 16.4. The standard InChI is InChI=1S/C29H24O6P2.C6H6O/c1-36(35-30-25-11-5-2-6-12-25)31-28-19-17-23-18-20-29(22-24(23)21-28)34-37(32-26-13-7-3-8-14-26)33-27-15-9-4-10-16-27;7-6-4-2-1-3-5-6/h2-22H,1H3;1-5,7H. The lowest BCUT2D eigenvalue weighted by Gasteiger charge is -2.18. The fraction of sp³-hybridized carbons (Fsp3) is 0.0286. The number of hydrogen-bond acceptors (Lipinski definition) is 7. The van der Waals surface area contributed by atoms with Crippen molar-refractivity contribution in [3.8, 4) is 34.5 Å². The number of aromatic hydroxyl groups is 1. The molecule has 0 saturated carbocycles. The second-order valence-electron chi connectivity index (χ2n) is 9.13. The van der Waals surface area contributed by atoms with Gasteiger partial charge in [0.1, 0.15) is 28.7 Å². The van der Waals surface area contributed by atoms with Crippen molar-refractivity contribution < 1.29 is 32.8 Å². The van der Waals surface area contributed by atoms with Crippen LogP contribution in [0.25, 0.3) is 10.8 Å². The number of rotatable bonds is 11. The molecule has 0 radical (unpaired) electrons. The minimum Gasteiger partial charge on any atom is -0.508 e. The maximum absolute atomic E-state index is 8.63. The molecular weight excluding hydrogens is 594 g/mol. The predicted molar refractivity (Wildman–Crippen MR) is 175 cm³/mol. The summed E-state index contributed by atoms with van der Waals surface area (Å²) in [6, 6.07) is 48.6. The van der Waals surface area contributed by atoms with Gasteiger partial charge in [0.2, 0.25) is 0 Å². The second kappa shape index (κ2) is 16.2. The molecule has 0 aliphatic rings. The van der Waals surface area contributed by atoms with Crippen LogP contribution in [0, 0.1) is 0 Å². The van der Waals surface area contributed by atoms with Crippen molar-refractivity contribution in [2.24, 2.45) is 0 Å². The molecule has 0 saturated heterocycles.